The molecule has 0 radical (unpaired) electrons. The molecule has 1 atom stereocenters. The van der Waals surface area contributed by atoms with Gasteiger partial charge in [-0.3, -0.25) is 11.3 Å². The van der Waals surface area contributed by atoms with Gasteiger partial charge in [0.05, 0.1) is 6.10 Å². The van der Waals surface area contributed by atoms with E-state index in [1.54, 1.807) is 7.11 Å². The largest absolute Gasteiger partial charge is 0.380 e. The minimum atomic E-state index is 0.231. The third-order valence-electron chi connectivity index (χ3n) is 1.37. The Bertz CT molecular complexity index is 66.1. The predicted octanol–water partition coefficient (Wildman–Crippen LogP) is 0.121. The second kappa shape index (κ2) is 4.73. The fourth-order valence-electron chi connectivity index (χ4n) is 0.707. The van der Waals surface area contributed by atoms with Gasteiger partial charge in [0, 0.05) is 13.7 Å². The molecule has 0 rings (SSSR count). The monoisotopic (exact) mass is 132 g/mol. The number of nitrogens with two attached hydrogens (primary N) is 1. The van der Waals surface area contributed by atoms with Gasteiger partial charge >= 0.3 is 0 Å². The third-order valence-corrected chi connectivity index (χ3v) is 1.37. The van der Waals surface area contributed by atoms with Crippen molar-refractivity contribution in [2.75, 3.05) is 13.7 Å². The standard InChI is InChI=1S/C6H16N2O/c1-5(2)6(9-3)4-8-7/h5-6,8H,4,7H2,1-3H3. The highest BCUT2D eigenvalue weighted by molar-refractivity contribution is 4.62. The first-order valence-electron chi connectivity index (χ1n) is 3.18. The van der Waals surface area contributed by atoms with Crippen LogP contribution in [-0.2, 0) is 4.74 Å². The third kappa shape index (κ3) is 3.46. The van der Waals surface area contributed by atoms with Crippen LogP contribution in [0.4, 0.5) is 0 Å². The maximum absolute atomic E-state index is 5.11. The Hall–Kier alpha value is -0.120. The lowest BCUT2D eigenvalue weighted by Crippen LogP contribution is -2.36. The van der Waals surface area contributed by atoms with E-state index in [1.165, 1.54) is 0 Å². The zero-order chi connectivity index (χ0) is 7.28. The van der Waals surface area contributed by atoms with Crippen LogP contribution < -0.4 is 11.3 Å². The van der Waals surface area contributed by atoms with Gasteiger partial charge in [0.1, 0.15) is 0 Å². The van der Waals surface area contributed by atoms with E-state index < -0.39 is 0 Å². The van der Waals surface area contributed by atoms with Crippen molar-refractivity contribution in [1.82, 2.24) is 5.43 Å². The fraction of sp³-hybridized carbons (Fsp3) is 1.00. The van der Waals surface area contributed by atoms with Gasteiger partial charge in [-0.15, -0.1) is 0 Å². The van der Waals surface area contributed by atoms with Gasteiger partial charge < -0.3 is 4.74 Å². The summed E-state index contributed by atoms with van der Waals surface area (Å²) in [6, 6.07) is 0. The van der Waals surface area contributed by atoms with Crippen molar-refractivity contribution in [1.29, 1.82) is 0 Å². The molecule has 0 saturated carbocycles. The Labute approximate surface area is 56.5 Å². The Kier molecular flexibility index (Phi) is 4.67. The van der Waals surface area contributed by atoms with Crippen molar-refractivity contribution >= 4 is 0 Å². The summed E-state index contributed by atoms with van der Waals surface area (Å²) in [6.07, 6.45) is 0.231. The number of hydrogen-bond donors (Lipinski definition) is 2. The zero-order valence-electron chi connectivity index (χ0n) is 6.35. The summed E-state index contributed by atoms with van der Waals surface area (Å²) in [5.41, 5.74) is 2.58. The fourth-order valence-corrected chi connectivity index (χ4v) is 0.707. The predicted molar refractivity (Wildman–Crippen MR) is 37.8 cm³/mol. The minimum absolute atomic E-state index is 0.231. The average molecular weight is 132 g/mol. The van der Waals surface area contributed by atoms with Crippen LogP contribution in [0.25, 0.3) is 0 Å². The highest BCUT2D eigenvalue weighted by Crippen LogP contribution is 2.02. The van der Waals surface area contributed by atoms with Crippen LogP contribution in [0.5, 0.6) is 0 Å². The molecular weight excluding hydrogens is 116 g/mol. The van der Waals surface area contributed by atoms with Crippen molar-refractivity contribution in [2.24, 2.45) is 11.8 Å². The molecule has 0 heterocycles. The van der Waals surface area contributed by atoms with Gasteiger partial charge in [0.15, 0.2) is 0 Å². The molecular formula is C6H16N2O. The molecule has 0 aliphatic heterocycles. The van der Waals surface area contributed by atoms with Gasteiger partial charge in [0.2, 0.25) is 0 Å². The van der Waals surface area contributed by atoms with Crippen LogP contribution in [0.15, 0.2) is 0 Å². The van der Waals surface area contributed by atoms with Crippen molar-refractivity contribution < 1.29 is 4.74 Å². The second-order valence-corrected chi connectivity index (χ2v) is 2.43. The Morgan fingerprint density at radius 2 is 2.11 bits per heavy atom. The summed E-state index contributed by atoms with van der Waals surface area (Å²) in [5, 5.41) is 0. The van der Waals surface area contributed by atoms with E-state index in [0.29, 0.717) is 12.5 Å². The van der Waals surface area contributed by atoms with Gasteiger partial charge in [0.25, 0.3) is 0 Å². The first-order valence-corrected chi connectivity index (χ1v) is 3.18. The van der Waals surface area contributed by atoms with E-state index in [4.69, 9.17) is 10.6 Å². The van der Waals surface area contributed by atoms with Crippen molar-refractivity contribution in [3.05, 3.63) is 0 Å². The highest BCUT2D eigenvalue weighted by atomic mass is 16.5. The quantitative estimate of drug-likeness (QED) is 0.422. The van der Waals surface area contributed by atoms with Crippen LogP contribution in [0.3, 0.4) is 0 Å². The zero-order valence-corrected chi connectivity index (χ0v) is 6.35. The molecule has 0 aromatic heterocycles. The van der Waals surface area contributed by atoms with Gasteiger partial charge in [-0.05, 0) is 5.92 Å². The first-order chi connectivity index (χ1) is 4.22. The summed E-state index contributed by atoms with van der Waals surface area (Å²) < 4.78 is 5.11. The topological polar surface area (TPSA) is 47.3 Å². The number of methoxy groups -OCH3 is 1. The van der Waals surface area contributed by atoms with Crippen molar-refractivity contribution in [3.8, 4) is 0 Å². The molecule has 0 amide bonds. The number of nitrogens with one attached hydrogen (secondary N) is 1. The Morgan fingerprint density at radius 3 is 2.22 bits per heavy atom. The molecule has 56 valence electrons. The minimum Gasteiger partial charge on any atom is -0.380 e. The molecule has 0 saturated heterocycles. The lowest BCUT2D eigenvalue weighted by molar-refractivity contribution is 0.0650. The lowest BCUT2D eigenvalue weighted by atomic mass is 10.1. The molecule has 3 nitrogen and oxygen atoms in total. The summed E-state index contributed by atoms with van der Waals surface area (Å²) in [5.74, 6) is 5.63. The molecule has 9 heavy (non-hydrogen) atoms. The van der Waals surface area contributed by atoms with Crippen LogP contribution in [0.2, 0.25) is 0 Å². The van der Waals surface area contributed by atoms with E-state index in [2.05, 4.69) is 19.3 Å². The molecule has 0 aromatic rings. The molecule has 0 spiro atoms. The molecule has 0 aromatic carbocycles. The van der Waals surface area contributed by atoms with Gasteiger partial charge in [-0.2, -0.15) is 0 Å². The molecule has 3 heteroatoms. The van der Waals surface area contributed by atoms with Crippen LogP contribution in [0.1, 0.15) is 13.8 Å². The normalized spacial score (nSPS) is 14.3. The van der Waals surface area contributed by atoms with Crippen LogP contribution in [-0.4, -0.2) is 19.8 Å². The Morgan fingerprint density at radius 1 is 1.56 bits per heavy atom. The maximum atomic E-state index is 5.11. The molecule has 0 fully saturated rings. The smallest absolute Gasteiger partial charge is 0.0732 e. The Balaban J connectivity index is 3.41. The highest BCUT2D eigenvalue weighted by Gasteiger charge is 2.09. The van der Waals surface area contributed by atoms with E-state index in [0.717, 1.165) is 0 Å². The summed E-state index contributed by atoms with van der Waals surface area (Å²) in [6.45, 7) is 4.92. The summed E-state index contributed by atoms with van der Waals surface area (Å²) in [7, 11) is 1.70. The number of hydrogen-bond acceptors (Lipinski definition) is 3. The summed E-state index contributed by atoms with van der Waals surface area (Å²) >= 11 is 0. The van der Waals surface area contributed by atoms with Crippen molar-refractivity contribution in [3.63, 3.8) is 0 Å². The second-order valence-electron chi connectivity index (χ2n) is 2.43. The maximum Gasteiger partial charge on any atom is 0.0732 e. The van der Waals surface area contributed by atoms with E-state index in [1.807, 2.05) is 0 Å². The summed E-state index contributed by atoms with van der Waals surface area (Å²) in [4.78, 5) is 0. The van der Waals surface area contributed by atoms with Crippen molar-refractivity contribution in [2.45, 2.75) is 20.0 Å². The average Bonchev–Trinajstić information content (AvgIpc) is 1.82. The molecule has 0 aliphatic carbocycles. The molecule has 3 N–H and O–H groups in total. The van der Waals surface area contributed by atoms with Crippen LogP contribution >= 0.6 is 0 Å². The molecule has 0 bridgehead atoms. The van der Waals surface area contributed by atoms with Gasteiger partial charge in [-0.25, -0.2) is 0 Å². The molecule has 1 unspecified atom stereocenters. The van der Waals surface area contributed by atoms with E-state index in [9.17, 15) is 0 Å². The molecule has 0 aliphatic rings. The first kappa shape index (κ1) is 8.88. The SMILES string of the molecule is COC(CNN)C(C)C. The lowest BCUT2D eigenvalue weighted by Gasteiger charge is -2.17. The number of hydrazine groups is 1. The van der Waals surface area contributed by atoms with Gasteiger partial charge in [-0.1, -0.05) is 13.8 Å². The van der Waals surface area contributed by atoms with E-state index >= 15 is 0 Å². The number of rotatable bonds is 4. The number of ether oxygens (including phenoxy) is 1. The van der Waals surface area contributed by atoms with E-state index in [-0.39, 0.29) is 6.10 Å². The van der Waals surface area contributed by atoms with Crippen LogP contribution in [0, 0.1) is 5.92 Å².